The number of rotatable bonds is 2. The number of hydrogen-bond donors (Lipinski definition) is 2. The molecule has 0 aliphatic carbocycles. The summed E-state index contributed by atoms with van der Waals surface area (Å²) in [7, 11) is 0. The molecular formula is C29H16ClFN4O. The first-order valence-corrected chi connectivity index (χ1v) is 11.7. The molecule has 7 heteroatoms. The van der Waals surface area contributed by atoms with E-state index in [4.69, 9.17) is 16.6 Å². The van der Waals surface area contributed by atoms with Crippen LogP contribution in [0.2, 0.25) is 5.02 Å². The number of hydrogen-bond acceptors (Lipinski definition) is 3. The van der Waals surface area contributed by atoms with Crippen LogP contribution in [0.3, 0.4) is 0 Å². The molecule has 0 unspecified atom stereocenters. The van der Waals surface area contributed by atoms with Gasteiger partial charge in [0.25, 0.3) is 5.56 Å². The van der Waals surface area contributed by atoms with Crippen LogP contribution in [0.15, 0.2) is 90.0 Å². The Hall–Kier alpha value is -4.55. The summed E-state index contributed by atoms with van der Waals surface area (Å²) in [4.78, 5) is 28.4. The Bertz CT molecular complexity index is 2040. The summed E-state index contributed by atoms with van der Waals surface area (Å²) in [6.45, 7) is 0. The molecule has 0 aliphatic rings. The monoisotopic (exact) mass is 490 g/mol. The fourth-order valence-corrected chi connectivity index (χ4v) is 5.18. The van der Waals surface area contributed by atoms with Crippen LogP contribution in [0, 0.1) is 5.82 Å². The number of nitrogens with one attached hydrogen (secondary N) is 2. The summed E-state index contributed by atoms with van der Waals surface area (Å²) < 4.78 is 14.7. The third-order valence-corrected chi connectivity index (χ3v) is 6.92. The zero-order valence-electron chi connectivity index (χ0n) is 18.6. The van der Waals surface area contributed by atoms with Gasteiger partial charge in [-0.15, -0.1) is 0 Å². The van der Waals surface area contributed by atoms with Crippen molar-refractivity contribution in [1.29, 1.82) is 0 Å². The lowest BCUT2D eigenvalue weighted by Gasteiger charge is -2.09. The molecule has 0 radical (unpaired) electrons. The maximum absolute atomic E-state index is 14.7. The minimum absolute atomic E-state index is 0.195. The third-order valence-electron chi connectivity index (χ3n) is 6.60. The smallest absolute Gasteiger partial charge is 0.256 e. The number of halogens is 2. The minimum atomic E-state index is -0.473. The molecule has 0 aliphatic heterocycles. The van der Waals surface area contributed by atoms with E-state index in [-0.39, 0.29) is 16.1 Å². The summed E-state index contributed by atoms with van der Waals surface area (Å²) in [5, 5.41) is 4.05. The Morgan fingerprint density at radius 2 is 1.75 bits per heavy atom. The molecular weight excluding hydrogens is 475 g/mol. The molecule has 4 aromatic carbocycles. The fourth-order valence-electron chi connectivity index (χ4n) is 4.93. The average molecular weight is 491 g/mol. The summed E-state index contributed by atoms with van der Waals surface area (Å²) in [5.41, 5.74) is 4.06. The first-order chi connectivity index (χ1) is 17.6. The molecule has 0 fully saturated rings. The van der Waals surface area contributed by atoms with E-state index in [0.29, 0.717) is 27.6 Å². The van der Waals surface area contributed by atoms with Crippen molar-refractivity contribution in [2.24, 2.45) is 0 Å². The maximum Gasteiger partial charge on any atom is 0.256 e. The molecule has 36 heavy (non-hydrogen) atoms. The van der Waals surface area contributed by atoms with Crippen LogP contribution >= 0.6 is 11.6 Å². The lowest BCUT2D eigenvalue weighted by molar-refractivity contribution is 0.630. The van der Waals surface area contributed by atoms with Crippen LogP contribution < -0.4 is 5.56 Å². The van der Waals surface area contributed by atoms with Gasteiger partial charge in [0.1, 0.15) is 11.6 Å². The van der Waals surface area contributed by atoms with Gasteiger partial charge in [-0.25, -0.2) is 9.37 Å². The van der Waals surface area contributed by atoms with Gasteiger partial charge in [-0.05, 0) is 47.3 Å². The maximum atomic E-state index is 14.7. The van der Waals surface area contributed by atoms with E-state index in [9.17, 15) is 9.18 Å². The zero-order valence-corrected chi connectivity index (χ0v) is 19.4. The topological polar surface area (TPSA) is 74.4 Å². The first kappa shape index (κ1) is 20.8. The number of imidazole rings is 1. The zero-order chi connectivity index (χ0) is 24.4. The molecule has 0 saturated heterocycles. The quantitative estimate of drug-likeness (QED) is 0.251. The summed E-state index contributed by atoms with van der Waals surface area (Å²) >= 11 is 6.32. The van der Waals surface area contributed by atoms with Gasteiger partial charge >= 0.3 is 0 Å². The lowest BCUT2D eigenvalue weighted by atomic mass is 9.97. The number of para-hydroxylation sites is 1. The van der Waals surface area contributed by atoms with Crippen molar-refractivity contribution in [2.45, 2.75) is 0 Å². The molecule has 5 nitrogen and oxygen atoms in total. The van der Waals surface area contributed by atoms with Gasteiger partial charge in [-0.1, -0.05) is 48.0 Å². The second kappa shape index (κ2) is 7.73. The Kier molecular flexibility index (Phi) is 4.46. The van der Waals surface area contributed by atoms with Gasteiger partial charge in [0, 0.05) is 34.1 Å². The number of pyridine rings is 2. The third kappa shape index (κ3) is 3.05. The first-order valence-electron chi connectivity index (χ1n) is 11.3. The molecule has 0 saturated carbocycles. The molecule has 0 atom stereocenters. The number of benzene rings is 4. The minimum Gasteiger partial charge on any atom is -0.337 e. The highest BCUT2D eigenvalue weighted by Gasteiger charge is 2.19. The van der Waals surface area contributed by atoms with Gasteiger partial charge < -0.3 is 9.97 Å². The molecule has 7 rings (SSSR count). The molecule has 7 aromatic rings. The SMILES string of the molecule is O=c1[nH]ccc2c3[nH]c(-c4c(F)cccc4Cl)nc3c3ccc(-c4cnc5ccccc5c4)cc3c12. The Morgan fingerprint density at radius 1 is 0.861 bits per heavy atom. The Balaban J connectivity index is 1.55. The van der Waals surface area contributed by atoms with Crippen LogP contribution in [-0.2, 0) is 0 Å². The fraction of sp³-hybridized carbons (Fsp3) is 0. The van der Waals surface area contributed by atoms with E-state index >= 15 is 0 Å². The average Bonchev–Trinajstić information content (AvgIpc) is 3.33. The van der Waals surface area contributed by atoms with E-state index in [1.807, 2.05) is 54.7 Å². The van der Waals surface area contributed by atoms with Crippen LogP contribution in [0.25, 0.3) is 66.0 Å². The number of aromatic nitrogens is 4. The van der Waals surface area contributed by atoms with Crippen LogP contribution in [-0.4, -0.2) is 19.9 Å². The second-order valence-electron chi connectivity index (χ2n) is 8.68. The van der Waals surface area contributed by atoms with Crippen molar-refractivity contribution < 1.29 is 4.39 Å². The van der Waals surface area contributed by atoms with Crippen molar-refractivity contribution in [1.82, 2.24) is 19.9 Å². The van der Waals surface area contributed by atoms with E-state index in [1.54, 1.807) is 18.3 Å². The van der Waals surface area contributed by atoms with E-state index in [2.05, 4.69) is 21.0 Å². The number of H-pyrrole nitrogens is 2. The van der Waals surface area contributed by atoms with Crippen molar-refractivity contribution in [3.63, 3.8) is 0 Å². The molecule has 2 N–H and O–H groups in total. The number of nitrogens with zero attached hydrogens (tertiary/aromatic N) is 2. The van der Waals surface area contributed by atoms with Gasteiger partial charge in [0.2, 0.25) is 0 Å². The molecule has 3 heterocycles. The van der Waals surface area contributed by atoms with E-state index in [0.717, 1.165) is 32.8 Å². The van der Waals surface area contributed by atoms with Gasteiger partial charge in [-0.3, -0.25) is 9.78 Å². The second-order valence-corrected chi connectivity index (χ2v) is 9.09. The highest BCUT2D eigenvalue weighted by atomic mass is 35.5. The van der Waals surface area contributed by atoms with Crippen molar-refractivity contribution in [2.75, 3.05) is 0 Å². The standard InChI is InChI=1S/C29H16ClFN4O/c30-21-5-3-6-22(31)25(21)28-34-26-18-9-8-15(17-12-16-4-1-2-7-23(16)33-14-17)13-20(18)24-19(27(26)35-28)10-11-32-29(24)36/h1-14H,(H,32,36)(H,34,35). The normalized spacial score (nSPS) is 11.7. The molecule has 3 aromatic heterocycles. The van der Waals surface area contributed by atoms with Crippen LogP contribution in [0.5, 0.6) is 0 Å². The highest BCUT2D eigenvalue weighted by molar-refractivity contribution is 6.33. The van der Waals surface area contributed by atoms with E-state index in [1.165, 1.54) is 6.07 Å². The van der Waals surface area contributed by atoms with Crippen molar-refractivity contribution in [3.8, 4) is 22.5 Å². The highest BCUT2D eigenvalue weighted by Crippen LogP contribution is 2.37. The van der Waals surface area contributed by atoms with Crippen LogP contribution in [0.1, 0.15) is 0 Å². The predicted octanol–water partition coefficient (Wildman–Crippen LogP) is 7.23. The Labute approximate surface area is 208 Å². The van der Waals surface area contributed by atoms with Gasteiger partial charge in [0.15, 0.2) is 0 Å². The molecule has 0 spiro atoms. The number of fused-ring (bicyclic) bond motifs is 7. The van der Waals surface area contributed by atoms with Crippen molar-refractivity contribution >= 4 is 55.1 Å². The van der Waals surface area contributed by atoms with Gasteiger partial charge in [-0.2, -0.15) is 0 Å². The molecule has 0 amide bonds. The Morgan fingerprint density at radius 3 is 2.64 bits per heavy atom. The summed E-state index contributed by atoms with van der Waals surface area (Å²) in [6, 6.07) is 22.3. The summed E-state index contributed by atoms with van der Waals surface area (Å²) in [6.07, 6.45) is 3.44. The van der Waals surface area contributed by atoms with Gasteiger partial charge in [0.05, 0.1) is 32.5 Å². The molecule has 0 bridgehead atoms. The summed E-state index contributed by atoms with van der Waals surface area (Å²) in [5.74, 6) is -0.163. The van der Waals surface area contributed by atoms with E-state index < -0.39 is 5.82 Å². The van der Waals surface area contributed by atoms with Crippen LogP contribution in [0.4, 0.5) is 4.39 Å². The largest absolute Gasteiger partial charge is 0.337 e. The lowest BCUT2D eigenvalue weighted by Crippen LogP contribution is -2.05. The van der Waals surface area contributed by atoms with Crippen molar-refractivity contribution in [3.05, 3.63) is 106 Å². The number of aromatic amines is 2. The molecule has 172 valence electrons. The predicted molar refractivity (Wildman–Crippen MR) is 143 cm³/mol.